The van der Waals surface area contributed by atoms with Gasteiger partial charge in [0.05, 0.1) is 9.06 Å². The van der Waals surface area contributed by atoms with Crippen molar-refractivity contribution in [1.82, 2.24) is 29.2 Å². The lowest BCUT2D eigenvalue weighted by atomic mass is 10.1. The second-order valence-corrected chi connectivity index (χ2v) is 10.5. The average Bonchev–Trinajstić information content (AvgIpc) is 3.69. The smallest absolute Gasteiger partial charge is 0.266 e. The minimum atomic E-state index is -0.191. The van der Waals surface area contributed by atoms with E-state index in [2.05, 4.69) is 20.2 Å². The maximum absolute atomic E-state index is 12.8. The molecule has 0 N–H and O–H groups in total. The van der Waals surface area contributed by atoms with E-state index < -0.39 is 0 Å². The molecule has 0 saturated carbocycles. The predicted octanol–water partition coefficient (Wildman–Crippen LogP) is 3.04. The van der Waals surface area contributed by atoms with Gasteiger partial charge in [0.2, 0.25) is 9.92 Å². The lowest BCUT2D eigenvalue weighted by Gasteiger charge is -1.97. The van der Waals surface area contributed by atoms with Gasteiger partial charge in [-0.15, -0.1) is 10.2 Å². The third-order valence-electron chi connectivity index (χ3n) is 5.96. The normalized spacial score (nSPS) is 12.7. The van der Waals surface area contributed by atoms with Crippen LogP contribution in [-0.2, 0) is 0 Å². The molecule has 182 valence electrons. The monoisotopic (exact) mass is 532 g/mol. The number of rotatable bonds is 4. The van der Waals surface area contributed by atoms with E-state index >= 15 is 0 Å². The van der Waals surface area contributed by atoms with Crippen LogP contribution in [0.2, 0.25) is 0 Å². The minimum Gasteiger partial charge on any atom is -0.266 e. The van der Waals surface area contributed by atoms with Crippen molar-refractivity contribution >= 4 is 44.7 Å². The van der Waals surface area contributed by atoms with Gasteiger partial charge in [0.25, 0.3) is 11.1 Å². The molecule has 0 saturated heterocycles. The summed E-state index contributed by atoms with van der Waals surface area (Å²) in [4.78, 5) is 35.9. The van der Waals surface area contributed by atoms with Gasteiger partial charge in [-0.2, -0.15) is 19.0 Å². The first kappa shape index (κ1) is 22.4. The Balaban J connectivity index is 1.18. The Morgan fingerprint density at radius 2 is 0.947 bits per heavy atom. The molecule has 0 aliphatic carbocycles. The van der Waals surface area contributed by atoms with Gasteiger partial charge in [0.1, 0.15) is 0 Å². The highest BCUT2D eigenvalue weighted by atomic mass is 32.1. The molecular formula is C28H16N6O2S2. The Morgan fingerprint density at radius 3 is 1.32 bits per heavy atom. The van der Waals surface area contributed by atoms with Crippen molar-refractivity contribution < 1.29 is 0 Å². The minimum absolute atomic E-state index is 0.191. The quantitative estimate of drug-likeness (QED) is 0.346. The zero-order valence-electron chi connectivity index (χ0n) is 19.6. The highest BCUT2D eigenvalue weighted by Crippen LogP contribution is 2.22. The van der Waals surface area contributed by atoms with Crippen molar-refractivity contribution in [3.8, 4) is 22.8 Å². The van der Waals surface area contributed by atoms with Gasteiger partial charge in [-0.1, -0.05) is 108 Å². The molecule has 0 amide bonds. The van der Waals surface area contributed by atoms with Gasteiger partial charge in [-0.3, -0.25) is 9.59 Å². The molecular weight excluding hydrogens is 516 g/mol. The summed E-state index contributed by atoms with van der Waals surface area (Å²) in [5, 5.41) is 8.87. The van der Waals surface area contributed by atoms with Gasteiger partial charge in [0.15, 0.2) is 11.6 Å². The standard InChI is InChI=1S/C28H16N6O2S2/c35-25-21(15-17-7-3-1-4-8-17)37-27-29-23(31-33(25)27)19-11-13-20(14-12-19)24-30-28-34(32-24)26(36)22(38-28)16-18-9-5-2-6-10-18/h1-16H/b21-15+,22-16+. The van der Waals surface area contributed by atoms with Crippen LogP contribution in [0, 0.1) is 0 Å². The molecule has 0 atom stereocenters. The summed E-state index contributed by atoms with van der Waals surface area (Å²) in [7, 11) is 0. The molecule has 7 aromatic rings. The predicted molar refractivity (Wildman–Crippen MR) is 149 cm³/mol. The molecule has 0 bridgehead atoms. The second kappa shape index (κ2) is 8.94. The SMILES string of the molecule is O=c1/c(=C\c2ccccc2)sc2nc(-c3ccc(-c4nc5s/c(=C/c6ccccc6)c(=O)n5n4)cc3)nn12. The van der Waals surface area contributed by atoms with Crippen LogP contribution in [-0.4, -0.2) is 29.2 Å². The lowest BCUT2D eigenvalue weighted by Crippen LogP contribution is -2.23. The van der Waals surface area contributed by atoms with E-state index in [1.54, 1.807) is 0 Å². The summed E-state index contributed by atoms with van der Waals surface area (Å²) in [6.07, 6.45) is 3.69. The van der Waals surface area contributed by atoms with Crippen LogP contribution in [0.5, 0.6) is 0 Å². The maximum Gasteiger partial charge on any atom is 0.291 e. The van der Waals surface area contributed by atoms with Gasteiger partial charge in [0, 0.05) is 11.1 Å². The van der Waals surface area contributed by atoms with Crippen molar-refractivity contribution in [3.05, 3.63) is 126 Å². The van der Waals surface area contributed by atoms with Crippen LogP contribution >= 0.6 is 22.7 Å². The van der Waals surface area contributed by atoms with Crippen LogP contribution in [0.3, 0.4) is 0 Å². The fourth-order valence-electron chi connectivity index (χ4n) is 4.08. The molecule has 0 spiro atoms. The van der Waals surface area contributed by atoms with Crippen molar-refractivity contribution in [2.45, 2.75) is 0 Å². The topological polar surface area (TPSA) is 94.5 Å². The fraction of sp³-hybridized carbons (Fsp3) is 0. The molecule has 38 heavy (non-hydrogen) atoms. The Bertz CT molecular complexity index is 2010. The summed E-state index contributed by atoms with van der Waals surface area (Å²) in [5.74, 6) is 0.931. The molecule has 0 radical (unpaired) electrons. The molecule has 4 heterocycles. The number of hydrogen-bond donors (Lipinski definition) is 0. The van der Waals surface area contributed by atoms with Crippen molar-refractivity contribution in [1.29, 1.82) is 0 Å². The summed E-state index contributed by atoms with van der Waals surface area (Å²) < 4.78 is 3.85. The van der Waals surface area contributed by atoms with Crippen LogP contribution < -0.4 is 20.2 Å². The van der Waals surface area contributed by atoms with Crippen LogP contribution in [0.4, 0.5) is 0 Å². The molecule has 8 nitrogen and oxygen atoms in total. The van der Waals surface area contributed by atoms with E-state index in [0.717, 1.165) is 22.3 Å². The first-order valence-corrected chi connectivity index (χ1v) is 13.3. The molecule has 0 aliphatic heterocycles. The van der Waals surface area contributed by atoms with Gasteiger partial charge in [-0.05, 0) is 23.3 Å². The number of nitrogens with zero attached hydrogens (tertiary/aromatic N) is 6. The first-order chi connectivity index (χ1) is 18.6. The highest BCUT2D eigenvalue weighted by molar-refractivity contribution is 7.15. The summed E-state index contributed by atoms with van der Waals surface area (Å²) in [6.45, 7) is 0. The van der Waals surface area contributed by atoms with Crippen LogP contribution in [0.25, 0.3) is 44.8 Å². The van der Waals surface area contributed by atoms with E-state index in [0.29, 0.717) is 30.6 Å². The Labute approximate surface area is 222 Å². The number of aromatic nitrogens is 6. The zero-order valence-corrected chi connectivity index (χ0v) is 21.2. The zero-order chi connectivity index (χ0) is 25.6. The fourth-order valence-corrected chi connectivity index (χ4v) is 5.90. The van der Waals surface area contributed by atoms with Crippen LogP contribution in [0.1, 0.15) is 11.1 Å². The van der Waals surface area contributed by atoms with Crippen molar-refractivity contribution in [2.24, 2.45) is 0 Å². The van der Waals surface area contributed by atoms with Gasteiger partial charge < -0.3 is 0 Å². The van der Waals surface area contributed by atoms with E-state index in [4.69, 9.17) is 0 Å². The molecule has 10 heteroatoms. The molecule has 0 fully saturated rings. The average molecular weight is 533 g/mol. The maximum atomic E-state index is 12.8. The van der Waals surface area contributed by atoms with Gasteiger partial charge in [-0.25, -0.2) is 0 Å². The first-order valence-electron chi connectivity index (χ1n) is 11.7. The molecule has 3 aromatic carbocycles. The van der Waals surface area contributed by atoms with Crippen molar-refractivity contribution in [3.63, 3.8) is 0 Å². The second-order valence-electron chi connectivity index (χ2n) is 8.49. The number of thiazole rings is 2. The van der Waals surface area contributed by atoms with Crippen molar-refractivity contribution in [2.75, 3.05) is 0 Å². The highest BCUT2D eigenvalue weighted by Gasteiger charge is 2.15. The van der Waals surface area contributed by atoms with E-state index in [-0.39, 0.29) is 11.1 Å². The summed E-state index contributed by atoms with van der Waals surface area (Å²) in [5.41, 5.74) is 3.05. The number of hydrogen-bond acceptors (Lipinski definition) is 8. The molecule has 0 aliphatic rings. The van der Waals surface area contributed by atoms with E-state index in [1.807, 2.05) is 97.1 Å². The Morgan fingerprint density at radius 1 is 0.553 bits per heavy atom. The largest absolute Gasteiger partial charge is 0.291 e. The van der Waals surface area contributed by atoms with Crippen LogP contribution in [0.15, 0.2) is 94.5 Å². The molecule has 4 aromatic heterocycles. The Hall–Kier alpha value is -4.80. The van der Waals surface area contributed by atoms with E-state index in [9.17, 15) is 9.59 Å². The van der Waals surface area contributed by atoms with E-state index in [1.165, 1.54) is 31.7 Å². The molecule has 0 unspecified atom stereocenters. The summed E-state index contributed by atoms with van der Waals surface area (Å²) in [6, 6.07) is 26.8. The third kappa shape index (κ3) is 3.92. The Kier molecular flexibility index (Phi) is 5.27. The number of fused-ring (bicyclic) bond motifs is 2. The lowest BCUT2D eigenvalue weighted by molar-refractivity contribution is 0.935. The summed E-state index contributed by atoms with van der Waals surface area (Å²) >= 11 is 2.62. The van der Waals surface area contributed by atoms with Gasteiger partial charge >= 0.3 is 0 Å². The molecule has 7 rings (SSSR count). The number of benzene rings is 3. The third-order valence-corrected chi connectivity index (χ3v) is 7.88.